The Balaban J connectivity index is 1.94. The van der Waals surface area contributed by atoms with Crippen LogP contribution in [0.3, 0.4) is 0 Å². The third kappa shape index (κ3) is 3.01. The first-order chi connectivity index (χ1) is 13.0. The summed E-state index contributed by atoms with van der Waals surface area (Å²) in [5.74, 6) is -1.00. The number of rotatable bonds is 3. The molecule has 4 rings (SSSR count). The van der Waals surface area contributed by atoms with Crippen molar-refractivity contribution in [2.75, 3.05) is 13.6 Å². The fourth-order valence-electron chi connectivity index (χ4n) is 3.47. The number of carbonyl (C=O) groups excluding carboxylic acids is 1. The number of aromatic hydroxyl groups is 1. The summed E-state index contributed by atoms with van der Waals surface area (Å²) >= 11 is 2.14. The van der Waals surface area contributed by atoms with E-state index >= 15 is 0 Å². The number of hydrogen-bond donors (Lipinski definition) is 1. The molecule has 27 heavy (non-hydrogen) atoms. The Labute approximate surface area is 168 Å². The van der Waals surface area contributed by atoms with Crippen molar-refractivity contribution in [2.24, 2.45) is 0 Å². The van der Waals surface area contributed by atoms with Crippen LogP contribution in [0.2, 0.25) is 0 Å². The summed E-state index contributed by atoms with van der Waals surface area (Å²) in [4.78, 5) is 30.2. The number of nitrogens with zero attached hydrogens (tertiary/aromatic N) is 5. The minimum absolute atomic E-state index is 0.0861. The van der Waals surface area contributed by atoms with Crippen molar-refractivity contribution in [3.8, 4) is 5.75 Å². The number of fused-ring (bicyclic) bond motifs is 1. The van der Waals surface area contributed by atoms with Crippen LogP contribution in [0, 0.1) is 3.70 Å². The molecule has 2 atom stereocenters. The zero-order valence-electron chi connectivity index (χ0n) is 14.4. The van der Waals surface area contributed by atoms with Gasteiger partial charge in [0.1, 0.15) is 3.70 Å². The predicted octanol–water partition coefficient (Wildman–Crippen LogP) is 1.67. The van der Waals surface area contributed by atoms with Crippen molar-refractivity contribution in [2.45, 2.75) is 12.1 Å². The van der Waals surface area contributed by atoms with E-state index in [4.69, 9.17) is 0 Å². The van der Waals surface area contributed by atoms with Gasteiger partial charge in [-0.2, -0.15) is 5.10 Å². The molecule has 3 aromatic rings. The van der Waals surface area contributed by atoms with Crippen LogP contribution in [0.5, 0.6) is 5.75 Å². The third-order valence-corrected chi connectivity index (χ3v) is 5.26. The van der Waals surface area contributed by atoms with Crippen molar-refractivity contribution in [1.82, 2.24) is 24.2 Å². The largest absolute Gasteiger partial charge is 0.502 e. The summed E-state index contributed by atoms with van der Waals surface area (Å²) in [7, 11) is 1.65. The smallest absolute Gasteiger partial charge is 0.275 e. The first-order valence-corrected chi connectivity index (χ1v) is 9.35. The van der Waals surface area contributed by atoms with Gasteiger partial charge in [0.05, 0.1) is 24.6 Å². The Morgan fingerprint density at radius 1 is 1.26 bits per heavy atom. The monoisotopic (exact) mass is 477 g/mol. The molecule has 0 saturated carbocycles. The Bertz CT molecular complexity index is 1060. The van der Waals surface area contributed by atoms with E-state index in [9.17, 15) is 14.7 Å². The Morgan fingerprint density at radius 2 is 2.00 bits per heavy atom. The molecule has 2 aromatic heterocycles. The van der Waals surface area contributed by atoms with Gasteiger partial charge in [-0.25, -0.2) is 9.67 Å². The van der Waals surface area contributed by atoms with Crippen molar-refractivity contribution in [3.05, 3.63) is 74.2 Å². The molecule has 138 valence electrons. The predicted molar refractivity (Wildman–Crippen MR) is 106 cm³/mol. The maximum Gasteiger partial charge on any atom is 0.275 e. The van der Waals surface area contributed by atoms with E-state index < -0.39 is 17.1 Å². The minimum Gasteiger partial charge on any atom is -0.502 e. The number of carbonyl (C=O) groups is 1. The molecule has 0 spiro atoms. The highest BCUT2D eigenvalue weighted by Crippen LogP contribution is 2.35. The molecule has 0 fully saturated rings. The molecule has 8 nitrogen and oxygen atoms in total. The third-order valence-electron chi connectivity index (χ3n) is 4.71. The topological polar surface area (TPSA) is 93.2 Å². The summed E-state index contributed by atoms with van der Waals surface area (Å²) < 4.78 is 4.26. The van der Waals surface area contributed by atoms with Crippen molar-refractivity contribution < 1.29 is 9.90 Å². The lowest BCUT2D eigenvalue weighted by molar-refractivity contribution is 0.0671. The quantitative estimate of drug-likeness (QED) is 0.580. The zero-order chi connectivity index (χ0) is 19.1. The molecule has 1 aliphatic rings. The van der Waals surface area contributed by atoms with Crippen LogP contribution in [-0.4, -0.2) is 48.8 Å². The average Bonchev–Trinajstić information content (AvgIpc) is 3.08. The van der Waals surface area contributed by atoms with Gasteiger partial charge in [0.25, 0.3) is 5.91 Å². The van der Waals surface area contributed by atoms with E-state index in [2.05, 4.69) is 32.7 Å². The lowest BCUT2D eigenvalue weighted by Gasteiger charge is -2.37. The number of benzene rings is 1. The molecule has 0 bridgehead atoms. The minimum atomic E-state index is -0.669. The summed E-state index contributed by atoms with van der Waals surface area (Å²) in [5.41, 5.74) is 0.249. The molecule has 0 aliphatic carbocycles. The maximum absolute atomic E-state index is 12.6. The second kappa shape index (κ2) is 6.80. The molecular weight excluding hydrogens is 461 g/mol. The Morgan fingerprint density at radius 3 is 2.67 bits per heavy atom. The first kappa shape index (κ1) is 17.7. The number of aromatic nitrogens is 4. The molecule has 9 heteroatoms. The van der Waals surface area contributed by atoms with Crippen LogP contribution >= 0.6 is 22.6 Å². The summed E-state index contributed by atoms with van der Waals surface area (Å²) in [6.45, 7) is 0.370. The van der Waals surface area contributed by atoms with Gasteiger partial charge in [0.15, 0.2) is 11.4 Å². The van der Waals surface area contributed by atoms with E-state index in [0.29, 0.717) is 6.54 Å². The maximum atomic E-state index is 12.6. The lowest BCUT2D eigenvalue weighted by Crippen LogP contribution is -2.46. The normalized spacial score (nSPS) is 17.6. The molecule has 0 radical (unpaired) electrons. The molecule has 1 N–H and O–H groups in total. The molecular formula is C18H16IN5O3. The average molecular weight is 477 g/mol. The Kier molecular flexibility index (Phi) is 4.46. The highest BCUT2D eigenvalue weighted by molar-refractivity contribution is 14.1. The van der Waals surface area contributed by atoms with Crippen LogP contribution < -0.4 is 5.43 Å². The van der Waals surface area contributed by atoms with Gasteiger partial charge in [-0.3, -0.25) is 9.59 Å². The Hall–Kier alpha value is -2.69. The van der Waals surface area contributed by atoms with Crippen LogP contribution in [0.25, 0.3) is 0 Å². The molecule has 1 amide bonds. The number of halogens is 1. The second-order valence-electron chi connectivity index (χ2n) is 6.40. The van der Waals surface area contributed by atoms with Crippen molar-refractivity contribution >= 4 is 28.5 Å². The van der Waals surface area contributed by atoms with E-state index in [1.54, 1.807) is 13.4 Å². The van der Waals surface area contributed by atoms with Gasteiger partial charge in [-0.15, -0.1) is 0 Å². The highest BCUT2D eigenvalue weighted by atomic mass is 127. The lowest BCUT2D eigenvalue weighted by atomic mass is 9.96. The van der Waals surface area contributed by atoms with E-state index in [-0.39, 0.29) is 17.8 Å². The van der Waals surface area contributed by atoms with Crippen molar-refractivity contribution in [1.29, 1.82) is 0 Å². The standard InChI is InChI=1S/C18H16IN5O3/c1-22-8-12(24-16(18(22)27)17(26)13(25)7-21-24)15(11-5-3-2-4-6-11)23-9-14(19)20-10-23/h2-7,9-10,12,15,26H,8H2,1H3. The van der Waals surface area contributed by atoms with E-state index in [0.717, 1.165) is 15.5 Å². The number of amides is 1. The van der Waals surface area contributed by atoms with Crippen LogP contribution in [0.1, 0.15) is 28.1 Å². The summed E-state index contributed by atoms with van der Waals surface area (Å²) in [6, 6.07) is 9.25. The van der Waals surface area contributed by atoms with Gasteiger partial charge in [0, 0.05) is 19.8 Å². The molecule has 0 saturated heterocycles. The van der Waals surface area contributed by atoms with E-state index in [1.165, 1.54) is 9.58 Å². The van der Waals surface area contributed by atoms with Crippen molar-refractivity contribution in [3.63, 3.8) is 0 Å². The fourth-order valence-corrected chi connectivity index (χ4v) is 3.92. The van der Waals surface area contributed by atoms with Gasteiger partial charge in [-0.1, -0.05) is 30.3 Å². The van der Waals surface area contributed by atoms with Crippen LogP contribution in [-0.2, 0) is 0 Å². The number of imidazole rings is 1. The second-order valence-corrected chi connectivity index (χ2v) is 7.51. The molecule has 1 aromatic carbocycles. The van der Waals surface area contributed by atoms with Gasteiger partial charge in [0.2, 0.25) is 5.43 Å². The van der Waals surface area contributed by atoms with Crippen LogP contribution in [0.4, 0.5) is 0 Å². The number of likely N-dealkylation sites (N-methyl/N-ethyl adjacent to an activating group) is 1. The summed E-state index contributed by atoms with van der Waals surface area (Å²) in [5, 5.41) is 14.4. The molecule has 1 aliphatic heterocycles. The first-order valence-electron chi connectivity index (χ1n) is 8.27. The van der Waals surface area contributed by atoms with Gasteiger partial charge in [-0.05, 0) is 28.2 Å². The SMILES string of the molecule is CN1CC(C(c2ccccc2)n2cnc(I)c2)n2ncc(=O)c(O)c2C1=O. The zero-order valence-corrected chi connectivity index (χ0v) is 16.5. The summed E-state index contributed by atoms with van der Waals surface area (Å²) in [6.07, 6.45) is 4.69. The van der Waals surface area contributed by atoms with Gasteiger partial charge < -0.3 is 14.6 Å². The molecule has 3 heterocycles. The molecule has 2 unspecified atom stereocenters. The van der Waals surface area contributed by atoms with E-state index in [1.807, 2.05) is 41.1 Å². The highest BCUT2D eigenvalue weighted by Gasteiger charge is 2.38. The van der Waals surface area contributed by atoms with Crippen LogP contribution in [0.15, 0.2) is 53.8 Å². The van der Waals surface area contributed by atoms with Gasteiger partial charge >= 0.3 is 0 Å². The fraction of sp³-hybridized carbons (Fsp3) is 0.222. The number of hydrogen-bond acceptors (Lipinski definition) is 5.